The fourth-order valence-electron chi connectivity index (χ4n) is 1.31. The van der Waals surface area contributed by atoms with Crippen molar-refractivity contribution >= 4 is 11.7 Å². The smallest absolute Gasteiger partial charge is 0.356 e. The van der Waals surface area contributed by atoms with Gasteiger partial charge in [-0.15, -0.1) is 5.10 Å². The molecule has 0 fully saturated rings. The summed E-state index contributed by atoms with van der Waals surface area (Å²) in [5.41, 5.74) is -0.447. The molecule has 2 aromatic heterocycles. The highest BCUT2D eigenvalue weighted by Crippen LogP contribution is 2.19. The summed E-state index contributed by atoms with van der Waals surface area (Å²) in [5, 5.41) is 27.0. The molecular formula is C8H7N5O4. The number of carbonyl (C=O) groups is 1. The quantitative estimate of drug-likeness (QED) is 0.602. The highest BCUT2D eigenvalue weighted by molar-refractivity contribution is 5.85. The molecule has 0 unspecified atom stereocenters. The molecule has 0 aromatic carbocycles. The van der Waals surface area contributed by atoms with Crippen LogP contribution in [0.1, 0.15) is 10.5 Å². The number of aromatic carboxylic acids is 1. The third-order valence-corrected chi connectivity index (χ3v) is 2.01. The molecule has 88 valence electrons. The summed E-state index contributed by atoms with van der Waals surface area (Å²) in [7, 11) is 1.53. The first-order chi connectivity index (χ1) is 7.99. The molecule has 2 heterocycles. The van der Waals surface area contributed by atoms with Crippen LogP contribution < -0.4 is 0 Å². The minimum atomic E-state index is -1.21. The molecule has 0 amide bonds. The van der Waals surface area contributed by atoms with Crippen molar-refractivity contribution in [2.75, 3.05) is 0 Å². The van der Waals surface area contributed by atoms with E-state index in [4.69, 9.17) is 5.11 Å². The first-order valence-electron chi connectivity index (χ1n) is 4.46. The fraction of sp³-hybridized carbons (Fsp3) is 0.125. The molecule has 0 atom stereocenters. The number of carboxylic acids is 1. The van der Waals surface area contributed by atoms with Crippen LogP contribution in [0.4, 0.5) is 5.69 Å². The molecule has 9 nitrogen and oxygen atoms in total. The highest BCUT2D eigenvalue weighted by atomic mass is 16.6. The molecule has 0 bridgehead atoms. The van der Waals surface area contributed by atoms with Gasteiger partial charge in [0.15, 0.2) is 5.69 Å². The lowest BCUT2D eigenvalue weighted by atomic mass is 10.4. The van der Waals surface area contributed by atoms with Crippen LogP contribution in [-0.2, 0) is 7.05 Å². The largest absolute Gasteiger partial charge is 0.476 e. The van der Waals surface area contributed by atoms with Gasteiger partial charge in [-0.25, -0.2) is 9.48 Å². The number of aromatic nitrogens is 4. The Kier molecular flexibility index (Phi) is 2.35. The van der Waals surface area contributed by atoms with E-state index in [0.717, 1.165) is 4.68 Å². The average molecular weight is 237 g/mol. The predicted molar refractivity (Wildman–Crippen MR) is 53.9 cm³/mol. The second-order valence-electron chi connectivity index (χ2n) is 3.22. The van der Waals surface area contributed by atoms with Crippen molar-refractivity contribution in [1.82, 2.24) is 19.6 Å². The van der Waals surface area contributed by atoms with Gasteiger partial charge < -0.3 is 5.11 Å². The summed E-state index contributed by atoms with van der Waals surface area (Å²) in [4.78, 5) is 20.8. The van der Waals surface area contributed by atoms with E-state index in [1.807, 2.05) is 0 Å². The van der Waals surface area contributed by atoms with Crippen molar-refractivity contribution in [3.05, 3.63) is 34.3 Å². The van der Waals surface area contributed by atoms with E-state index in [9.17, 15) is 14.9 Å². The van der Waals surface area contributed by atoms with Crippen LogP contribution in [-0.4, -0.2) is 35.6 Å². The number of carboxylic acid groups (broad SMARTS) is 1. The Labute approximate surface area is 94.0 Å². The van der Waals surface area contributed by atoms with Crippen LogP contribution in [0.3, 0.4) is 0 Å². The Morgan fingerprint density at radius 1 is 1.53 bits per heavy atom. The number of nitrogens with zero attached hydrogens (tertiary/aromatic N) is 5. The van der Waals surface area contributed by atoms with Crippen LogP contribution in [0, 0.1) is 10.1 Å². The Balaban J connectivity index is 2.52. The van der Waals surface area contributed by atoms with Crippen molar-refractivity contribution in [3.8, 4) is 5.82 Å². The first-order valence-corrected chi connectivity index (χ1v) is 4.46. The second kappa shape index (κ2) is 3.70. The molecule has 2 rings (SSSR count). The van der Waals surface area contributed by atoms with Crippen molar-refractivity contribution in [2.45, 2.75) is 0 Å². The van der Waals surface area contributed by atoms with Crippen LogP contribution >= 0.6 is 0 Å². The van der Waals surface area contributed by atoms with Gasteiger partial charge in [0, 0.05) is 13.2 Å². The van der Waals surface area contributed by atoms with Crippen LogP contribution in [0.25, 0.3) is 5.82 Å². The normalized spacial score (nSPS) is 10.4. The zero-order chi connectivity index (χ0) is 12.6. The molecule has 0 spiro atoms. The van der Waals surface area contributed by atoms with Gasteiger partial charge in [-0.3, -0.25) is 14.8 Å². The molecule has 0 aliphatic rings. The molecule has 0 saturated carbocycles. The molecule has 2 aromatic rings. The van der Waals surface area contributed by atoms with Gasteiger partial charge in [0.05, 0.1) is 4.92 Å². The lowest BCUT2D eigenvalue weighted by Crippen LogP contribution is -2.03. The van der Waals surface area contributed by atoms with Crippen molar-refractivity contribution < 1.29 is 14.8 Å². The van der Waals surface area contributed by atoms with E-state index in [2.05, 4.69) is 10.2 Å². The fourth-order valence-corrected chi connectivity index (χ4v) is 1.31. The topological polar surface area (TPSA) is 116 Å². The zero-order valence-corrected chi connectivity index (χ0v) is 8.64. The number of hydrogen-bond acceptors (Lipinski definition) is 5. The number of rotatable bonds is 3. The van der Waals surface area contributed by atoms with Crippen molar-refractivity contribution in [1.29, 1.82) is 0 Å². The standard InChI is InChI=1S/C8H7N5O4/c1-11-4-6(13(16)17)7(10-11)12-3-2-5(9-12)8(14)15/h2-4H,1H3,(H,14,15). The molecule has 0 aliphatic heterocycles. The molecular weight excluding hydrogens is 230 g/mol. The monoisotopic (exact) mass is 237 g/mol. The Bertz CT molecular complexity index is 599. The summed E-state index contributed by atoms with van der Waals surface area (Å²) < 4.78 is 2.32. The van der Waals surface area contributed by atoms with Crippen molar-refractivity contribution in [2.24, 2.45) is 7.05 Å². The van der Waals surface area contributed by atoms with E-state index in [0.29, 0.717) is 0 Å². The summed E-state index contributed by atoms with van der Waals surface area (Å²) in [5.74, 6) is -1.23. The van der Waals surface area contributed by atoms with Gasteiger partial charge in [0.2, 0.25) is 0 Å². The maximum atomic E-state index is 10.7. The van der Waals surface area contributed by atoms with E-state index >= 15 is 0 Å². The number of aryl methyl sites for hydroxylation is 1. The Morgan fingerprint density at radius 3 is 2.76 bits per heavy atom. The van der Waals surface area contributed by atoms with Gasteiger partial charge in [0.1, 0.15) is 6.20 Å². The lowest BCUT2D eigenvalue weighted by molar-refractivity contribution is -0.384. The van der Waals surface area contributed by atoms with Crippen LogP contribution in [0.5, 0.6) is 0 Å². The van der Waals surface area contributed by atoms with Gasteiger partial charge in [-0.1, -0.05) is 0 Å². The maximum absolute atomic E-state index is 10.7. The van der Waals surface area contributed by atoms with Crippen LogP contribution in [0.15, 0.2) is 18.5 Å². The summed E-state index contributed by atoms with van der Waals surface area (Å²) >= 11 is 0. The lowest BCUT2D eigenvalue weighted by Gasteiger charge is -1.94. The summed E-state index contributed by atoms with van der Waals surface area (Å²) in [6.45, 7) is 0. The van der Waals surface area contributed by atoms with E-state index in [-0.39, 0.29) is 17.2 Å². The third-order valence-electron chi connectivity index (χ3n) is 2.01. The van der Waals surface area contributed by atoms with Gasteiger partial charge in [0.25, 0.3) is 5.82 Å². The zero-order valence-electron chi connectivity index (χ0n) is 8.64. The van der Waals surface area contributed by atoms with Crippen molar-refractivity contribution in [3.63, 3.8) is 0 Å². The molecule has 0 radical (unpaired) electrons. The van der Waals surface area contributed by atoms with Crippen LogP contribution in [0.2, 0.25) is 0 Å². The molecule has 1 N–H and O–H groups in total. The predicted octanol–water partition coefficient (Wildman–Crippen LogP) is 0.212. The third kappa shape index (κ3) is 1.85. The average Bonchev–Trinajstić information content (AvgIpc) is 2.82. The molecule has 17 heavy (non-hydrogen) atoms. The number of hydrogen-bond donors (Lipinski definition) is 1. The first kappa shape index (κ1) is 10.8. The van der Waals surface area contributed by atoms with Gasteiger partial charge >= 0.3 is 11.7 Å². The minimum Gasteiger partial charge on any atom is -0.476 e. The minimum absolute atomic E-state index is 0.0231. The SMILES string of the molecule is Cn1cc([N+](=O)[O-])c(-n2ccc(C(=O)O)n2)n1. The molecule has 0 aliphatic carbocycles. The Hall–Kier alpha value is -2.71. The van der Waals surface area contributed by atoms with Gasteiger partial charge in [-0.05, 0) is 6.07 Å². The molecule has 0 saturated heterocycles. The number of nitro groups is 1. The summed E-state index contributed by atoms with van der Waals surface area (Å²) in [6, 6.07) is 1.24. The molecule has 9 heteroatoms. The Morgan fingerprint density at radius 2 is 2.24 bits per heavy atom. The second-order valence-corrected chi connectivity index (χ2v) is 3.22. The maximum Gasteiger partial charge on any atom is 0.356 e. The van der Waals surface area contributed by atoms with E-state index in [1.165, 1.54) is 30.2 Å². The summed E-state index contributed by atoms with van der Waals surface area (Å²) in [6.07, 6.45) is 2.52. The van der Waals surface area contributed by atoms with Gasteiger partial charge in [-0.2, -0.15) is 5.10 Å². The van der Waals surface area contributed by atoms with E-state index < -0.39 is 10.9 Å². The van der Waals surface area contributed by atoms with E-state index in [1.54, 1.807) is 0 Å². The highest BCUT2D eigenvalue weighted by Gasteiger charge is 2.21.